The maximum Gasteiger partial charge on any atom is 0.132 e. The molecular weight excluding hydrogens is 394 g/mol. The molecule has 2 aromatic heterocycles. The SMILES string of the molecule is Cc1nn(Cc2ccccc2)c(Cl)c1CNCc1c(C)nn(-c2ccccc2)c1C. The molecule has 0 saturated heterocycles. The molecule has 0 radical (unpaired) electrons. The second kappa shape index (κ2) is 8.86. The van der Waals surface area contributed by atoms with Crippen LogP contribution in [0.25, 0.3) is 5.69 Å². The third-order valence-electron chi connectivity index (χ3n) is 5.40. The Morgan fingerprint density at radius 2 is 1.40 bits per heavy atom. The second-order valence-corrected chi connectivity index (χ2v) is 7.86. The zero-order valence-electron chi connectivity index (χ0n) is 17.6. The van der Waals surface area contributed by atoms with Crippen LogP contribution in [0, 0.1) is 20.8 Å². The van der Waals surface area contributed by atoms with Crippen LogP contribution in [0.3, 0.4) is 0 Å². The van der Waals surface area contributed by atoms with Gasteiger partial charge >= 0.3 is 0 Å². The smallest absolute Gasteiger partial charge is 0.132 e. The molecule has 6 heteroatoms. The lowest BCUT2D eigenvalue weighted by molar-refractivity contribution is 0.675. The summed E-state index contributed by atoms with van der Waals surface area (Å²) in [5, 5.41) is 13.6. The normalized spacial score (nSPS) is 11.2. The van der Waals surface area contributed by atoms with E-state index in [9.17, 15) is 0 Å². The lowest BCUT2D eigenvalue weighted by Crippen LogP contribution is -2.14. The highest BCUT2D eigenvalue weighted by atomic mass is 35.5. The molecule has 0 aliphatic carbocycles. The molecule has 1 N–H and O–H groups in total. The number of halogens is 1. The Morgan fingerprint density at radius 1 is 0.800 bits per heavy atom. The van der Waals surface area contributed by atoms with Crippen LogP contribution in [-0.2, 0) is 19.6 Å². The minimum atomic E-state index is 0.662. The molecule has 0 aliphatic heterocycles. The topological polar surface area (TPSA) is 47.7 Å². The summed E-state index contributed by atoms with van der Waals surface area (Å²) in [5.41, 5.74) is 7.64. The number of para-hydroxylation sites is 1. The van der Waals surface area contributed by atoms with Crippen LogP contribution in [-0.4, -0.2) is 19.6 Å². The molecule has 0 spiro atoms. The third-order valence-corrected chi connectivity index (χ3v) is 5.83. The van der Waals surface area contributed by atoms with Gasteiger partial charge in [0.15, 0.2) is 0 Å². The van der Waals surface area contributed by atoms with Crippen molar-refractivity contribution in [3.8, 4) is 5.69 Å². The van der Waals surface area contributed by atoms with Crippen LogP contribution in [0.2, 0.25) is 5.15 Å². The maximum atomic E-state index is 6.65. The van der Waals surface area contributed by atoms with Crippen molar-refractivity contribution in [1.82, 2.24) is 24.9 Å². The second-order valence-electron chi connectivity index (χ2n) is 7.50. The van der Waals surface area contributed by atoms with Gasteiger partial charge in [0, 0.05) is 29.9 Å². The Hall–Kier alpha value is -2.89. The molecule has 2 aromatic carbocycles. The van der Waals surface area contributed by atoms with Gasteiger partial charge in [0.1, 0.15) is 5.15 Å². The highest BCUT2D eigenvalue weighted by molar-refractivity contribution is 6.30. The molecule has 4 aromatic rings. The summed E-state index contributed by atoms with van der Waals surface area (Å²) in [5.74, 6) is 0. The first kappa shape index (κ1) is 20.4. The van der Waals surface area contributed by atoms with Gasteiger partial charge in [-0.1, -0.05) is 60.1 Å². The highest BCUT2D eigenvalue weighted by Crippen LogP contribution is 2.22. The number of nitrogens with zero attached hydrogens (tertiary/aromatic N) is 4. The molecule has 0 atom stereocenters. The number of nitrogens with one attached hydrogen (secondary N) is 1. The van der Waals surface area contributed by atoms with Crippen molar-refractivity contribution in [1.29, 1.82) is 0 Å². The van der Waals surface area contributed by atoms with Gasteiger partial charge in [-0.05, 0) is 38.5 Å². The van der Waals surface area contributed by atoms with Crippen LogP contribution in [0.15, 0.2) is 60.7 Å². The summed E-state index contributed by atoms with van der Waals surface area (Å²) in [4.78, 5) is 0. The maximum absolute atomic E-state index is 6.65. The van der Waals surface area contributed by atoms with E-state index >= 15 is 0 Å². The standard InChI is InChI=1S/C24H26ClN5/c1-17-22(19(3)30(28-17)21-12-8-5-9-13-21)14-26-15-23-18(2)27-29(24(23)25)16-20-10-6-4-7-11-20/h4-13,26H,14-16H2,1-3H3. The monoisotopic (exact) mass is 419 g/mol. The molecule has 0 fully saturated rings. The average Bonchev–Trinajstić information content (AvgIpc) is 3.19. The fourth-order valence-electron chi connectivity index (χ4n) is 3.72. The van der Waals surface area contributed by atoms with Gasteiger partial charge in [0.25, 0.3) is 0 Å². The van der Waals surface area contributed by atoms with E-state index in [0.717, 1.165) is 34.9 Å². The summed E-state index contributed by atoms with van der Waals surface area (Å²) >= 11 is 6.65. The summed E-state index contributed by atoms with van der Waals surface area (Å²) in [6.45, 7) is 8.23. The van der Waals surface area contributed by atoms with Gasteiger partial charge in [-0.2, -0.15) is 10.2 Å². The van der Waals surface area contributed by atoms with Crippen LogP contribution >= 0.6 is 11.6 Å². The first-order valence-electron chi connectivity index (χ1n) is 10.1. The quantitative estimate of drug-likeness (QED) is 0.459. The van der Waals surface area contributed by atoms with Crippen molar-refractivity contribution in [2.75, 3.05) is 0 Å². The number of hydrogen-bond acceptors (Lipinski definition) is 3. The van der Waals surface area contributed by atoms with Crippen molar-refractivity contribution in [2.45, 2.75) is 40.4 Å². The van der Waals surface area contributed by atoms with E-state index in [-0.39, 0.29) is 0 Å². The molecule has 2 heterocycles. The summed E-state index contributed by atoms with van der Waals surface area (Å²) in [6, 6.07) is 20.5. The Bertz CT molecular complexity index is 1130. The number of aromatic nitrogens is 4. The predicted octanol–water partition coefficient (Wildman–Crippen LogP) is 4.99. The number of benzene rings is 2. The van der Waals surface area contributed by atoms with Gasteiger partial charge < -0.3 is 5.32 Å². The Labute approximate surface area is 182 Å². The van der Waals surface area contributed by atoms with Gasteiger partial charge in [-0.25, -0.2) is 9.36 Å². The molecule has 0 unspecified atom stereocenters. The van der Waals surface area contributed by atoms with Gasteiger partial charge in [-0.3, -0.25) is 0 Å². The molecule has 5 nitrogen and oxygen atoms in total. The number of rotatable bonds is 7. The molecule has 0 aliphatic rings. The van der Waals surface area contributed by atoms with Crippen molar-refractivity contribution < 1.29 is 0 Å². The zero-order chi connectivity index (χ0) is 21.1. The predicted molar refractivity (Wildman–Crippen MR) is 121 cm³/mol. The first-order chi connectivity index (χ1) is 14.5. The molecule has 0 bridgehead atoms. The van der Waals surface area contributed by atoms with E-state index in [1.165, 1.54) is 11.1 Å². The Balaban J connectivity index is 1.46. The summed E-state index contributed by atoms with van der Waals surface area (Å²) in [6.07, 6.45) is 0. The third kappa shape index (κ3) is 4.18. The zero-order valence-corrected chi connectivity index (χ0v) is 18.3. The molecule has 154 valence electrons. The van der Waals surface area contributed by atoms with Crippen LogP contribution in [0.5, 0.6) is 0 Å². The minimum absolute atomic E-state index is 0.662. The fourth-order valence-corrected chi connectivity index (χ4v) is 4.02. The van der Waals surface area contributed by atoms with Gasteiger partial charge in [-0.15, -0.1) is 0 Å². The van der Waals surface area contributed by atoms with Crippen molar-refractivity contribution in [3.05, 3.63) is 99.6 Å². The molecule has 30 heavy (non-hydrogen) atoms. The van der Waals surface area contributed by atoms with Crippen LogP contribution < -0.4 is 5.32 Å². The van der Waals surface area contributed by atoms with E-state index in [4.69, 9.17) is 16.7 Å². The molecule has 4 rings (SSSR count). The molecule has 0 amide bonds. The van der Waals surface area contributed by atoms with Gasteiger partial charge in [0.2, 0.25) is 0 Å². The average molecular weight is 420 g/mol. The highest BCUT2D eigenvalue weighted by Gasteiger charge is 2.15. The molecular formula is C24H26ClN5. The van der Waals surface area contributed by atoms with E-state index in [1.54, 1.807) is 0 Å². The van der Waals surface area contributed by atoms with E-state index in [0.29, 0.717) is 18.2 Å². The van der Waals surface area contributed by atoms with Gasteiger partial charge in [0.05, 0.1) is 23.6 Å². The summed E-state index contributed by atoms with van der Waals surface area (Å²) < 4.78 is 3.87. The van der Waals surface area contributed by atoms with Crippen LogP contribution in [0.1, 0.15) is 33.8 Å². The lowest BCUT2D eigenvalue weighted by atomic mass is 10.2. The Kier molecular flexibility index (Phi) is 6.02. The van der Waals surface area contributed by atoms with Crippen molar-refractivity contribution >= 4 is 11.6 Å². The largest absolute Gasteiger partial charge is 0.308 e. The number of aryl methyl sites for hydroxylation is 2. The first-order valence-corrected chi connectivity index (χ1v) is 10.5. The van der Waals surface area contributed by atoms with E-state index in [2.05, 4.69) is 48.5 Å². The van der Waals surface area contributed by atoms with Crippen molar-refractivity contribution in [3.63, 3.8) is 0 Å². The lowest BCUT2D eigenvalue weighted by Gasteiger charge is -2.08. The minimum Gasteiger partial charge on any atom is -0.308 e. The fraction of sp³-hybridized carbons (Fsp3) is 0.250. The Morgan fingerprint density at radius 3 is 2.10 bits per heavy atom. The molecule has 0 saturated carbocycles. The van der Waals surface area contributed by atoms with E-state index in [1.807, 2.05) is 52.7 Å². The van der Waals surface area contributed by atoms with E-state index < -0.39 is 0 Å². The number of hydrogen-bond donors (Lipinski definition) is 1. The summed E-state index contributed by atoms with van der Waals surface area (Å²) in [7, 11) is 0. The van der Waals surface area contributed by atoms with Crippen molar-refractivity contribution in [2.24, 2.45) is 0 Å². The van der Waals surface area contributed by atoms with Crippen LogP contribution in [0.4, 0.5) is 0 Å².